The van der Waals surface area contributed by atoms with Crippen LogP contribution in [0, 0.1) is 0 Å². The van der Waals surface area contributed by atoms with Crippen molar-refractivity contribution in [2.75, 3.05) is 0 Å². The van der Waals surface area contributed by atoms with E-state index in [1.54, 1.807) is 0 Å². The van der Waals surface area contributed by atoms with E-state index in [4.69, 9.17) is 5.73 Å². The van der Waals surface area contributed by atoms with Gasteiger partial charge in [-0.05, 0) is 0 Å². The van der Waals surface area contributed by atoms with Crippen molar-refractivity contribution in [3.05, 3.63) is 34.8 Å². The molecule has 0 bridgehead atoms. The summed E-state index contributed by atoms with van der Waals surface area (Å²) in [5, 5.41) is 2.29. The van der Waals surface area contributed by atoms with Gasteiger partial charge in [-0.25, -0.2) is 0 Å². The zero-order chi connectivity index (χ0) is 7.68. The van der Waals surface area contributed by atoms with Crippen molar-refractivity contribution in [3.8, 4) is 0 Å². The van der Waals surface area contributed by atoms with Gasteiger partial charge in [0.15, 0.2) is 0 Å². The molecule has 56 valence electrons. The van der Waals surface area contributed by atoms with E-state index < -0.39 is 0 Å². The molecule has 0 saturated heterocycles. The molecule has 0 saturated carbocycles. The monoisotopic (exact) mass is 212 g/mol. The van der Waals surface area contributed by atoms with Crippen LogP contribution in [-0.2, 0) is 0 Å². The first-order valence-electron chi connectivity index (χ1n) is 3.40. The van der Waals surface area contributed by atoms with E-state index in [0.717, 1.165) is 5.36 Å². The van der Waals surface area contributed by atoms with Crippen molar-refractivity contribution < 1.29 is 0 Å². The third-order valence-corrected chi connectivity index (χ3v) is 3.16. The first kappa shape index (κ1) is 7.04. The Balaban J connectivity index is 2.73. The molecule has 1 aliphatic rings. The number of rotatable bonds is 0. The average Bonchev–Trinajstić information content (AvgIpc) is 2.04. The quantitative estimate of drug-likeness (QED) is 0.549. The molecular formula is C8H8N2Se. The second-order valence-electron chi connectivity index (χ2n) is 2.33. The number of para-hydroxylation sites is 1. The topological polar surface area (TPSA) is 38.4 Å². The molecule has 0 radical (unpaired) electrons. The van der Waals surface area contributed by atoms with Gasteiger partial charge in [0, 0.05) is 0 Å². The number of fused-ring (bicyclic) bond motifs is 1. The van der Waals surface area contributed by atoms with Gasteiger partial charge < -0.3 is 0 Å². The molecule has 1 atom stereocenters. The Labute approximate surface area is 71.0 Å². The van der Waals surface area contributed by atoms with Gasteiger partial charge in [-0.1, -0.05) is 0 Å². The van der Waals surface area contributed by atoms with Gasteiger partial charge in [0.25, 0.3) is 0 Å². The third-order valence-electron chi connectivity index (χ3n) is 1.54. The minimum atomic E-state index is 0.0254. The van der Waals surface area contributed by atoms with E-state index in [-0.39, 0.29) is 5.06 Å². The molecule has 0 fully saturated rings. The van der Waals surface area contributed by atoms with Gasteiger partial charge in [-0.15, -0.1) is 0 Å². The van der Waals surface area contributed by atoms with Crippen molar-refractivity contribution in [2.45, 2.75) is 5.06 Å². The predicted molar refractivity (Wildman–Crippen MR) is 45.4 cm³/mol. The van der Waals surface area contributed by atoms with Gasteiger partial charge in [-0.3, -0.25) is 0 Å². The standard InChI is InChI=1S/C8H8N2Se/c9-8-10-7-4-2-1-3-6(7)5-11-8/h1-5,8H,9H2. The van der Waals surface area contributed by atoms with Gasteiger partial charge in [0.1, 0.15) is 0 Å². The molecule has 2 N–H and O–H groups in total. The Morgan fingerprint density at radius 3 is 3.09 bits per heavy atom. The van der Waals surface area contributed by atoms with Crippen LogP contribution in [0.25, 0.3) is 4.97 Å². The summed E-state index contributed by atoms with van der Waals surface area (Å²) < 4.78 is 0. The Morgan fingerprint density at radius 1 is 1.36 bits per heavy atom. The summed E-state index contributed by atoms with van der Waals surface area (Å²) in [5.74, 6) is 0. The van der Waals surface area contributed by atoms with Crippen molar-refractivity contribution in [1.82, 2.24) is 0 Å². The van der Waals surface area contributed by atoms with Crippen molar-refractivity contribution >= 4 is 19.9 Å². The molecule has 1 aromatic rings. The van der Waals surface area contributed by atoms with Crippen LogP contribution in [0.5, 0.6) is 0 Å². The zero-order valence-electron chi connectivity index (χ0n) is 5.90. The second-order valence-corrected chi connectivity index (χ2v) is 4.41. The first-order chi connectivity index (χ1) is 5.36. The molecule has 1 heterocycles. The van der Waals surface area contributed by atoms with E-state index >= 15 is 0 Å². The fraction of sp³-hybridized carbons (Fsp3) is 0.125. The summed E-state index contributed by atoms with van der Waals surface area (Å²) in [6.45, 7) is 0. The molecule has 1 aliphatic heterocycles. The van der Waals surface area contributed by atoms with Gasteiger partial charge in [-0.2, -0.15) is 0 Å². The summed E-state index contributed by atoms with van der Waals surface area (Å²) in [4.78, 5) is 6.51. The molecule has 0 aromatic heterocycles. The van der Waals surface area contributed by atoms with E-state index in [0.29, 0.717) is 15.0 Å². The zero-order valence-corrected chi connectivity index (χ0v) is 7.61. The Morgan fingerprint density at radius 2 is 2.18 bits per heavy atom. The molecule has 0 spiro atoms. The number of nitrogens with two attached hydrogens (primary N) is 1. The van der Waals surface area contributed by atoms with Crippen LogP contribution in [0.4, 0.5) is 0 Å². The van der Waals surface area contributed by atoms with Crippen LogP contribution in [-0.4, -0.2) is 20.0 Å². The van der Waals surface area contributed by atoms with E-state index in [1.807, 2.05) is 18.2 Å². The molecule has 3 heteroatoms. The second kappa shape index (κ2) is 2.78. The predicted octanol–water partition coefficient (Wildman–Crippen LogP) is -0.996. The van der Waals surface area contributed by atoms with Crippen molar-refractivity contribution in [2.24, 2.45) is 10.7 Å². The van der Waals surface area contributed by atoms with Crippen LogP contribution in [0.1, 0.15) is 0 Å². The number of hydrogen-bond donors (Lipinski definition) is 1. The molecule has 2 nitrogen and oxygen atoms in total. The Hall–Kier alpha value is -0.631. The van der Waals surface area contributed by atoms with Gasteiger partial charge in [0.05, 0.1) is 0 Å². The summed E-state index contributed by atoms with van der Waals surface area (Å²) in [6.07, 6.45) is 0. The summed E-state index contributed by atoms with van der Waals surface area (Å²) in [5.41, 5.74) is 5.68. The van der Waals surface area contributed by atoms with Crippen LogP contribution in [0.15, 0.2) is 29.3 Å². The maximum atomic E-state index is 5.68. The van der Waals surface area contributed by atoms with Crippen LogP contribution < -0.4 is 16.3 Å². The van der Waals surface area contributed by atoms with Crippen LogP contribution in [0.3, 0.4) is 0 Å². The number of hydrogen-bond acceptors (Lipinski definition) is 2. The van der Waals surface area contributed by atoms with E-state index in [9.17, 15) is 0 Å². The van der Waals surface area contributed by atoms with Gasteiger partial charge in [0.2, 0.25) is 0 Å². The molecule has 11 heavy (non-hydrogen) atoms. The number of nitrogens with zero attached hydrogens (tertiary/aromatic N) is 1. The molecule has 1 unspecified atom stereocenters. The average molecular weight is 211 g/mol. The molecule has 0 amide bonds. The Bertz CT molecular complexity index is 372. The summed E-state index contributed by atoms with van der Waals surface area (Å²) in [6, 6.07) is 8.09. The summed E-state index contributed by atoms with van der Waals surface area (Å²) in [7, 11) is 0. The van der Waals surface area contributed by atoms with Crippen LogP contribution in [0.2, 0.25) is 0 Å². The van der Waals surface area contributed by atoms with Crippen LogP contribution >= 0.6 is 0 Å². The molecule has 2 rings (SSSR count). The summed E-state index contributed by atoms with van der Waals surface area (Å²) >= 11 is 0.342. The van der Waals surface area contributed by atoms with Gasteiger partial charge >= 0.3 is 70.6 Å². The van der Waals surface area contributed by atoms with Crippen molar-refractivity contribution in [3.63, 3.8) is 0 Å². The van der Waals surface area contributed by atoms with E-state index in [2.05, 4.69) is 16.0 Å². The van der Waals surface area contributed by atoms with Crippen molar-refractivity contribution in [1.29, 1.82) is 0 Å². The first-order valence-corrected chi connectivity index (χ1v) is 5.38. The Kier molecular flexibility index (Phi) is 1.78. The fourth-order valence-electron chi connectivity index (χ4n) is 1.02. The minimum absolute atomic E-state index is 0.0254. The normalized spacial score (nSPS) is 21.4. The SMILES string of the molecule is NC1N=c2ccccc2=C[Se]1. The molecule has 1 aromatic carbocycles. The number of benzene rings is 1. The molecular weight excluding hydrogens is 203 g/mol. The third kappa shape index (κ3) is 1.36. The fourth-order valence-corrected chi connectivity index (χ4v) is 2.40. The van der Waals surface area contributed by atoms with E-state index in [1.165, 1.54) is 5.22 Å². The maximum absolute atomic E-state index is 5.68. The molecule has 0 aliphatic carbocycles.